The van der Waals surface area contributed by atoms with Crippen LogP contribution in [0.15, 0.2) is 0 Å². The number of hydrogen-bond acceptors (Lipinski definition) is 4. The van der Waals surface area contributed by atoms with Crippen LogP contribution in [-0.4, -0.2) is 53.8 Å². The third kappa shape index (κ3) is 8.66. The molecular formula is C23H46NO4. The Balaban J connectivity index is 2.33. The normalized spacial score (nSPS) is 23.5. The minimum Gasteiger partial charge on any atom is -0.379 e. The van der Waals surface area contributed by atoms with Crippen LogP contribution in [0.4, 0.5) is 0 Å². The molecule has 3 atom stereocenters. The van der Waals surface area contributed by atoms with Gasteiger partial charge in [0, 0.05) is 24.3 Å². The van der Waals surface area contributed by atoms with Gasteiger partial charge in [-0.25, -0.2) is 0 Å². The zero-order valence-corrected chi connectivity index (χ0v) is 19.8. The van der Waals surface area contributed by atoms with Crippen molar-refractivity contribution in [2.24, 2.45) is 0 Å². The molecule has 1 aliphatic rings. The van der Waals surface area contributed by atoms with Crippen LogP contribution in [0.5, 0.6) is 0 Å². The Morgan fingerprint density at radius 3 is 1.86 bits per heavy atom. The van der Waals surface area contributed by atoms with E-state index in [1.54, 1.807) is 0 Å². The first kappa shape index (κ1) is 25.8. The second-order valence-electron chi connectivity index (χ2n) is 9.83. The second kappa shape index (κ2) is 11.8. The lowest BCUT2D eigenvalue weighted by Gasteiger charge is -2.50. The number of piperidine rings is 1. The maximum atomic E-state index is 12.5. The Morgan fingerprint density at radius 1 is 0.893 bits per heavy atom. The summed E-state index contributed by atoms with van der Waals surface area (Å²) in [4.78, 5) is 0. The van der Waals surface area contributed by atoms with Gasteiger partial charge in [0.05, 0.1) is 24.4 Å². The lowest BCUT2D eigenvalue weighted by atomic mass is 9.80. The molecule has 0 saturated carbocycles. The predicted molar refractivity (Wildman–Crippen MR) is 114 cm³/mol. The molecule has 3 unspecified atom stereocenters. The van der Waals surface area contributed by atoms with Gasteiger partial charge >= 0.3 is 0 Å². The molecular weight excluding hydrogens is 354 g/mol. The van der Waals surface area contributed by atoms with Gasteiger partial charge in [0.25, 0.3) is 0 Å². The average molecular weight is 401 g/mol. The summed E-state index contributed by atoms with van der Waals surface area (Å²) < 4.78 is 18.2. The molecule has 0 aromatic heterocycles. The summed E-state index contributed by atoms with van der Waals surface area (Å²) in [6, 6.07) is 0. The Bertz CT molecular complexity index is 409. The van der Waals surface area contributed by atoms with Crippen molar-refractivity contribution in [3.63, 3.8) is 0 Å². The molecule has 1 aliphatic heterocycles. The van der Waals surface area contributed by atoms with Gasteiger partial charge in [-0.05, 0) is 86.5 Å². The molecule has 1 rings (SSSR count). The van der Waals surface area contributed by atoms with Crippen molar-refractivity contribution in [2.45, 2.75) is 136 Å². The summed E-state index contributed by atoms with van der Waals surface area (Å²) in [5.41, 5.74) is -0.770. The van der Waals surface area contributed by atoms with E-state index in [1.165, 1.54) is 5.06 Å². The van der Waals surface area contributed by atoms with E-state index in [0.29, 0.717) is 6.10 Å². The second-order valence-corrected chi connectivity index (χ2v) is 9.83. The van der Waals surface area contributed by atoms with Crippen molar-refractivity contribution in [1.82, 2.24) is 5.06 Å². The van der Waals surface area contributed by atoms with Gasteiger partial charge in [-0.1, -0.05) is 13.8 Å². The lowest BCUT2D eigenvalue weighted by Crippen LogP contribution is -2.60. The highest BCUT2D eigenvalue weighted by atomic mass is 16.5. The maximum absolute atomic E-state index is 12.5. The zero-order chi connectivity index (χ0) is 21.4. The SMILES string of the molecule is CCC(C)OCCCCOC(C)CC(CC)OC1CC(C)(C)N([O])C(C)(C)C1. The molecule has 0 aliphatic carbocycles. The highest BCUT2D eigenvalue weighted by Crippen LogP contribution is 2.39. The number of hydroxylamine groups is 2. The molecule has 0 bridgehead atoms. The molecule has 0 N–H and O–H groups in total. The monoisotopic (exact) mass is 400 g/mol. The summed E-state index contributed by atoms with van der Waals surface area (Å²) in [5, 5.41) is 13.8. The van der Waals surface area contributed by atoms with Crippen molar-refractivity contribution in [3.8, 4) is 0 Å². The minimum absolute atomic E-state index is 0.130. The summed E-state index contributed by atoms with van der Waals surface area (Å²) in [7, 11) is 0. The standard InChI is InChI=1S/C23H46NO4/c1-9-18(3)26-13-11-12-14-27-19(4)15-20(10-2)28-21-16-22(5,6)24(25)23(7,8)17-21/h18-21H,9-17H2,1-8H3. The first-order chi connectivity index (χ1) is 13.0. The number of rotatable bonds is 13. The quantitative estimate of drug-likeness (QED) is 0.381. The zero-order valence-electron chi connectivity index (χ0n) is 19.8. The molecule has 1 saturated heterocycles. The molecule has 0 spiro atoms. The van der Waals surface area contributed by atoms with E-state index in [-0.39, 0.29) is 29.4 Å². The molecule has 5 nitrogen and oxygen atoms in total. The van der Waals surface area contributed by atoms with Crippen molar-refractivity contribution < 1.29 is 19.4 Å². The Labute approximate surface area is 174 Å². The van der Waals surface area contributed by atoms with E-state index in [1.807, 2.05) is 27.7 Å². The van der Waals surface area contributed by atoms with E-state index < -0.39 is 0 Å². The van der Waals surface area contributed by atoms with Gasteiger partial charge in [-0.3, -0.25) is 0 Å². The van der Waals surface area contributed by atoms with Gasteiger partial charge in [0.1, 0.15) is 0 Å². The fourth-order valence-electron chi connectivity index (χ4n) is 4.19. The van der Waals surface area contributed by atoms with E-state index in [4.69, 9.17) is 14.2 Å². The van der Waals surface area contributed by atoms with Gasteiger partial charge in [0.15, 0.2) is 0 Å². The molecule has 167 valence electrons. The van der Waals surface area contributed by atoms with Gasteiger partial charge in [-0.15, -0.1) is 10.3 Å². The minimum atomic E-state index is -0.385. The van der Waals surface area contributed by atoms with Gasteiger partial charge in [0.2, 0.25) is 0 Å². The predicted octanol–water partition coefficient (Wildman–Crippen LogP) is 5.54. The molecule has 5 heteroatoms. The van der Waals surface area contributed by atoms with E-state index in [9.17, 15) is 5.21 Å². The summed E-state index contributed by atoms with van der Waals surface area (Å²) >= 11 is 0. The van der Waals surface area contributed by atoms with Crippen LogP contribution in [0.25, 0.3) is 0 Å². The van der Waals surface area contributed by atoms with Gasteiger partial charge < -0.3 is 14.2 Å². The molecule has 28 heavy (non-hydrogen) atoms. The topological polar surface area (TPSA) is 50.8 Å². The van der Waals surface area contributed by atoms with E-state index >= 15 is 0 Å². The van der Waals surface area contributed by atoms with Crippen LogP contribution in [-0.2, 0) is 19.4 Å². The highest BCUT2D eigenvalue weighted by Gasteiger charge is 2.47. The number of ether oxygens (including phenoxy) is 3. The molecule has 1 radical (unpaired) electrons. The molecule has 0 aromatic carbocycles. The summed E-state index contributed by atoms with van der Waals surface area (Å²) in [5.74, 6) is 0. The Kier molecular flexibility index (Phi) is 10.9. The number of unbranched alkanes of at least 4 members (excludes halogenated alkanes) is 1. The smallest absolute Gasteiger partial charge is 0.0615 e. The highest BCUT2D eigenvalue weighted by molar-refractivity contribution is 4.96. The number of hydrogen-bond donors (Lipinski definition) is 0. The average Bonchev–Trinajstić information content (AvgIpc) is 2.61. The van der Waals surface area contributed by atoms with Crippen LogP contribution in [0.1, 0.15) is 100 Å². The van der Waals surface area contributed by atoms with Crippen molar-refractivity contribution in [3.05, 3.63) is 0 Å². The van der Waals surface area contributed by atoms with Crippen LogP contribution in [0.3, 0.4) is 0 Å². The van der Waals surface area contributed by atoms with E-state index in [2.05, 4.69) is 27.7 Å². The Morgan fingerprint density at radius 2 is 1.39 bits per heavy atom. The van der Waals surface area contributed by atoms with Crippen LogP contribution >= 0.6 is 0 Å². The Hall–Kier alpha value is -0.200. The summed E-state index contributed by atoms with van der Waals surface area (Å²) in [6.07, 6.45) is 7.41. The fraction of sp³-hybridized carbons (Fsp3) is 1.00. The number of nitrogens with zero attached hydrogens (tertiary/aromatic N) is 1. The van der Waals surface area contributed by atoms with Crippen LogP contribution < -0.4 is 0 Å². The van der Waals surface area contributed by atoms with Crippen molar-refractivity contribution >= 4 is 0 Å². The first-order valence-electron chi connectivity index (χ1n) is 11.4. The first-order valence-corrected chi connectivity index (χ1v) is 11.4. The van der Waals surface area contributed by atoms with Crippen LogP contribution in [0.2, 0.25) is 0 Å². The van der Waals surface area contributed by atoms with Gasteiger partial charge in [-0.2, -0.15) is 0 Å². The lowest BCUT2D eigenvalue weighted by molar-refractivity contribution is -0.303. The van der Waals surface area contributed by atoms with Crippen LogP contribution in [0, 0.1) is 0 Å². The van der Waals surface area contributed by atoms with E-state index in [0.717, 1.165) is 58.2 Å². The molecule has 1 heterocycles. The van der Waals surface area contributed by atoms with Crippen molar-refractivity contribution in [2.75, 3.05) is 13.2 Å². The fourth-order valence-corrected chi connectivity index (χ4v) is 4.19. The third-order valence-electron chi connectivity index (χ3n) is 5.91. The molecule has 0 amide bonds. The third-order valence-corrected chi connectivity index (χ3v) is 5.91. The van der Waals surface area contributed by atoms with Crippen molar-refractivity contribution in [1.29, 1.82) is 0 Å². The molecule has 1 fully saturated rings. The molecule has 0 aromatic rings. The largest absolute Gasteiger partial charge is 0.379 e. The maximum Gasteiger partial charge on any atom is 0.0615 e. The summed E-state index contributed by atoms with van der Waals surface area (Å²) in [6.45, 7) is 18.2.